The molecule has 6 nitrogen and oxygen atoms in total. The number of phenols is 2. The molecule has 3 aromatic rings. The molecule has 132 valence electrons. The van der Waals surface area contributed by atoms with Gasteiger partial charge in [0.05, 0.1) is 12.1 Å². The molecule has 1 atom stereocenters. The molecule has 0 fully saturated rings. The third kappa shape index (κ3) is 2.40. The lowest BCUT2D eigenvalue weighted by atomic mass is 10.0. The van der Waals surface area contributed by atoms with E-state index in [1.807, 2.05) is 0 Å². The Hall–Kier alpha value is -3.03. The fourth-order valence-corrected chi connectivity index (χ4v) is 3.38. The van der Waals surface area contributed by atoms with Crippen LogP contribution >= 0.6 is 0 Å². The van der Waals surface area contributed by atoms with Crippen LogP contribution in [0.5, 0.6) is 11.5 Å². The molecular formula is C19H15FN2O4. The van der Waals surface area contributed by atoms with Gasteiger partial charge in [0.25, 0.3) is 0 Å². The zero-order valence-corrected chi connectivity index (χ0v) is 13.6. The van der Waals surface area contributed by atoms with Gasteiger partial charge in [-0.05, 0) is 29.8 Å². The summed E-state index contributed by atoms with van der Waals surface area (Å²) in [5.41, 5.74) is 0.790. The minimum absolute atomic E-state index is 0.0815. The SMILES string of the molecule is O=C1c2c(c(O)c3cccnc3c2O)C[N+]1([O-])CCc1ccc(F)cc1. The summed E-state index contributed by atoms with van der Waals surface area (Å²) in [5.74, 6) is -1.76. The van der Waals surface area contributed by atoms with Gasteiger partial charge in [-0.1, -0.05) is 12.1 Å². The Bertz CT molecular complexity index is 1040. The standard InChI is InChI=1S/C19H15FN2O4/c20-12-5-3-11(4-6-12)7-9-22(26)10-14-15(19(22)25)18(24)16-13(17(14)23)2-1-8-21-16/h1-6,8,23-24H,7,9-10H2. The molecule has 1 amide bonds. The van der Waals surface area contributed by atoms with E-state index in [4.69, 9.17) is 0 Å². The molecule has 7 heteroatoms. The molecule has 1 aromatic heterocycles. The van der Waals surface area contributed by atoms with E-state index in [0.29, 0.717) is 5.39 Å². The van der Waals surface area contributed by atoms with Crippen LogP contribution in [0.3, 0.4) is 0 Å². The van der Waals surface area contributed by atoms with E-state index in [1.54, 1.807) is 24.3 Å². The maximum Gasteiger partial charge on any atom is 0.350 e. The molecule has 0 saturated heterocycles. The normalized spacial score (nSPS) is 19.1. The van der Waals surface area contributed by atoms with Crippen molar-refractivity contribution in [3.05, 3.63) is 70.3 Å². The highest BCUT2D eigenvalue weighted by Gasteiger charge is 2.44. The van der Waals surface area contributed by atoms with Gasteiger partial charge in [0.2, 0.25) is 0 Å². The van der Waals surface area contributed by atoms with Crippen LogP contribution in [0.15, 0.2) is 42.6 Å². The van der Waals surface area contributed by atoms with Gasteiger partial charge in [0, 0.05) is 18.0 Å². The van der Waals surface area contributed by atoms with Crippen molar-refractivity contribution in [2.45, 2.75) is 13.0 Å². The number of quaternary nitrogens is 1. The molecule has 26 heavy (non-hydrogen) atoms. The molecular weight excluding hydrogens is 339 g/mol. The molecule has 0 radical (unpaired) electrons. The number of hydrogen-bond acceptors (Lipinski definition) is 5. The summed E-state index contributed by atoms with van der Waals surface area (Å²) >= 11 is 0. The lowest BCUT2D eigenvalue weighted by Gasteiger charge is -2.35. The van der Waals surface area contributed by atoms with E-state index >= 15 is 0 Å². The second-order valence-electron chi connectivity index (χ2n) is 6.40. The fourth-order valence-electron chi connectivity index (χ4n) is 3.38. The molecule has 2 N–H and O–H groups in total. The Kier molecular flexibility index (Phi) is 3.64. The number of hydrogen-bond donors (Lipinski definition) is 2. The smallest absolute Gasteiger partial charge is 0.350 e. The number of rotatable bonds is 3. The summed E-state index contributed by atoms with van der Waals surface area (Å²) in [5, 5.41) is 34.3. The van der Waals surface area contributed by atoms with Crippen LogP contribution in [-0.4, -0.2) is 32.3 Å². The number of carbonyl (C=O) groups excluding carboxylic acids is 1. The molecule has 2 aromatic carbocycles. The van der Waals surface area contributed by atoms with Crippen LogP contribution < -0.4 is 0 Å². The van der Waals surface area contributed by atoms with Crippen LogP contribution in [0.4, 0.5) is 4.39 Å². The zero-order valence-electron chi connectivity index (χ0n) is 13.6. The third-order valence-electron chi connectivity index (χ3n) is 4.78. The Morgan fingerprint density at radius 3 is 2.62 bits per heavy atom. The summed E-state index contributed by atoms with van der Waals surface area (Å²) in [7, 11) is 0. The third-order valence-corrected chi connectivity index (χ3v) is 4.78. The van der Waals surface area contributed by atoms with Gasteiger partial charge in [0.15, 0.2) is 5.75 Å². The summed E-state index contributed by atoms with van der Waals surface area (Å²) in [6.07, 6.45) is 1.70. The van der Waals surface area contributed by atoms with Crippen molar-refractivity contribution in [2.75, 3.05) is 6.54 Å². The first-order valence-corrected chi connectivity index (χ1v) is 8.09. The Balaban J connectivity index is 1.71. The van der Waals surface area contributed by atoms with Gasteiger partial charge in [-0.25, -0.2) is 9.18 Å². The summed E-state index contributed by atoms with van der Waals surface area (Å²) in [6.45, 7) is -0.346. The van der Waals surface area contributed by atoms with Crippen LogP contribution in [0.25, 0.3) is 10.9 Å². The van der Waals surface area contributed by atoms with Crippen molar-refractivity contribution in [1.82, 2.24) is 4.98 Å². The van der Waals surface area contributed by atoms with E-state index in [-0.39, 0.29) is 53.5 Å². The quantitative estimate of drug-likeness (QED) is 0.428. The monoisotopic (exact) mass is 354 g/mol. The van der Waals surface area contributed by atoms with E-state index in [1.165, 1.54) is 18.3 Å². The number of aromatic hydroxyl groups is 2. The van der Waals surface area contributed by atoms with Crippen molar-refractivity contribution in [3.63, 3.8) is 0 Å². The van der Waals surface area contributed by atoms with Gasteiger partial charge in [-0.2, -0.15) is 0 Å². The first-order chi connectivity index (χ1) is 12.4. The van der Waals surface area contributed by atoms with E-state index < -0.39 is 10.6 Å². The molecule has 0 saturated carbocycles. The van der Waals surface area contributed by atoms with Crippen molar-refractivity contribution < 1.29 is 24.0 Å². The van der Waals surface area contributed by atoms with Crippen LogP contribution in [0.1, 0.15) is 21.5 Å². The molecule has 4 rings (SSSR count). The first kappa shape index (κ1) is 16.4. The minimum Gasteiger partial charge on any atom is -0.625 e. The van der Waals surface area contributed by atoms with Gasteiger partial charge in [0.1, 0.15) is 29.2 Å². The highest BCUT2D eigenvalue weighted by atomic mass is 19.1. The number of aromatic nitrogens is 1. The number of pyridine rings is 1. The Morgan fingerprint density at radius 1 is 1.15 bits per heavy atom. The number of carbonyl (C=O) groups is 1. The maximum atomic E-state index is 13.1. The predicted molar refractivity (Wildman–Crippen MR) is 91.7 cm³/mol. The minimum atomic E-state index is -1.22. The number of fused-ring (bicyclic) bond motifs is 2. The first-order valence-electron chi connectivity index (χ1n) is 8.09. The average molecular weight is 354 g/mol. The van der Waals surface area contributed by atoms with E-state index in [9.17, 15) is 24.6 Å². The molecule has 0 bridgehead atoms. The number of nitrogens with zero attached hydrogens (tertiary/aromatic N) is 2. The van der Waals surface area contributed by atoms with Crippen molar-refractivity contribution in [2.24, 2.45) is 0 Å². The van der Waals surface area contributed by atoms with Crippen LogP contribution in [0, 0.1) is 11.0 Å². The molecule has 0 aliphatic carbocycles. The van der Waals surface area contributed by atoms with Gasteiger partial charge < -0.3 is 15.4 Å². The maximum absolute atomic E-state index is 13.1. The average Bonchev–Trinajstić information content (AvgIpc) is 2.91. The van der Waals surface area contributed by atoms with Gasteiger partial charge >= 0.3 is 5.91 Å². The lowest BCUT2D eigenvalue weighted by molar-refractivity contribution is -0.807. The second-order valence-corrected chi connectivity index (χ2v) is 6.40. The molecule has 1 aliphatic heterocycles. The van der Waals surface area contributed by atoms with E-state index in [2.05, 4.69) is 4.98 Å². The van der Waals surface area contributed by atoms with Gasteiger partial charge in [-0.15, -0.1) is 0 Å². The molecule has 0 spiro atoms. The molecule has 1 unspecified atom stereocenters. The number of phenolic OH excluding ortho intramolecular Hbond substituents is 2. The Morgan fingerprint density at radius 2 is 1.88 bits per heavy atom. The van der Waals surface area contributed by atoms with Crippen LogP contribution in [-0.2, 0) is 13.0 Å². The molecule has 2 heterocycles. The topological polar surface area (TPSA) is 93.5 Å². The van der Waals surface area contributed by atoms with Crippen molar-refractivity contribution in [3.8, 4) is 11.5 Å². The second kappa shape index (κ2) is 5.76. The summed E-state index contributed by atoms with van der Waals surface area (Å²) in [6, 6.07) is 8.86. The van der Waals surface area contributed by atoms with Gasteiger partial charge in [-0.3, -0.25) is 9.63 Å². The predicted octanol–water partition coefficient (Wildman–Crippen LogP) is 3.00. The highest BCUT2D eigenvalue weighted by molar-refractivity contribution is 6.05. The van der Waals surface area contributed by atoms with E-state index in [0.717, 1.165) is 5.56 Å². The summed E-state index contributed by atoms with van der Waals surface area (Å²) in [4.78, 5) is 16.7. The van der Waals surface area contributed by atoms with Crippen LogP contribution in [0.2, 0.25) is 0 Å². The summed E-state index contributed by atoms with van der Waals surface area (Å²) < 4.78 is 11.8. The highest BCUT2D eigenvalue weighted by Crippen LogP contribution is 2.45. The number of hydroxylamine groups is 3. The van der Waals surface area contributed by atoms with Crippen molar-refractivity contribution >= 4 is 16.8 Å². The number of benzene rings is 2. The lowest BCUT2D eigenvalue weighted by Crippen LogP contribution is -2.43. The largest absolute Gasteiger partial charge is 0.625 e. The van der Waals surface area contributed by atoms with Crippen molar-refractivity contribution in [1.29, 1.82) is 0 Å². The number of halogens is 1. The molecule has 1 aliphatic rings. The number of amides is 1. The fraction of sp³-hybridized carbons (Fsp3) is 0.158. The Labute approximate surface area is 147 Å². The zero-order chi connectivity index (χ0) is 18.5.